The molecule has 126 valence electrons. The summed E-state index contributed by atoms with van der Waals surface area (Å²) in [6.45, 7) is 0. The molecule has 0 saturated carbocycles. The molecular formula is C15H14N2O6S. The van der Waals surface area contributed by atoms with Crippen molar-refractivity contribution in [2.45, 2.75) is 4.90 Å². The molecule has 0 unspecified atom stereocenters. The van der Waals surface area contributed by atoms with Gasteiger partial charge in [-0.2, -0.15) is 0 Å². The number of amides is 1. The van der Waals surface area contributed by atoms with E-state index in [9.17, 15) is 18.0 Å². The minimum Gasteiger partial charge on any atom is -0.497 e. The molecule has 0 heterocycles. The van der Waals surface area contributed by atoms with E-state index in [0.29, 0.717) is 5.75 Å². The van der Waals surface area contributed by atoms with Gasteiger partial charge in [-0.1, -0.05) is 0 Å². The number of carboxylic acids is 1. The summed E-state index contributed by atoms with van der Waals surface area (Å²) in [6.07, 6.45) is 0. The van der Waals surface area contributed by atoms with Crippen LogP contribution in [0.4, 0.5) is 0 Å². The van der Waals surface area contributed by atoms with Crippen LogP contribution in [0.3, 0.4) is 0 Å². The van der Waals surface area contributed by atoms with Crippen LogP contribution in [-0.4, -0.2) is 32.5 Å². The molecule has 8 nitrogen and oxygen atoms in total. The SMILES string of the molecule is COc1ccc(C(=O)NNS(=O)(=O)c2ccc(C(=O)O)cc2)cc1. The average Bonchev–Trinajstić information content (AvgIpc) is 2.60. The van der Waals surface area contributed by atoms with Crippen molar-refractivity contribution in [3.8, 4) is 5.75 Å². The zero-order chi connectivity index (χ0) is 17.7. The van der Waals surface area contributed by atoms with E-state index in [0.717, 1.165) is 24.3 Å². The van der Waals surface area contributed by atoms with Gasteiger partial charge in [-0.15, -0.1) is 4.83 Å². The van der Waals surface area contributed by atoms with Crippen LogP contribution in [0.25, 0.3) is 0 Å². The Labute approximate surface area is 138 Å². The highest BCUT2D eigenvalue weighted by atomic mass is 32.2. The smallest absolute Gasteiger partial charge is 0.335 e. The van der Waals surface area contributed by atoms with Gasteiger partial charge in [0, 0.05) is 5.56 Å². The lowest BCUT2D eigenvalue weighted by Crippen LogP contribution is -2.41. The number of carboxylic acid groups (broad SMARTS) is 1. The summed E-state index contributed by atoms with van der Waals surface area (Å²) >= 11 is 0. The molecule has 0 aliphatic rings. The first kappa shape index (κ1) is 17.4. The maximum atomic E-state index is 12.1. The van der Waals surface area contributed by atoms with Crippen LogP contribution in [0.1, 0.15) is 20.7 Å². The van der Waals surface area contributed by atoms with Gasteiger partial charge in [0.15, 0.2) is 0 Å². The van der Waals surface area contributed by atoms with Crippen molar-refractivity contribution in [2.75, 3.05) is 7.11 Å². The van der Waals surface area contributed by atoms with Crippen molar-refractivity contribution in [3.63, 3.8) is 0 Å². The van der Waals surface area contributed by atoms with Gasteiger partial charge >= 0.3 is 5.97 Å². The van der Waals surface area contributed by atoms with E-state index in [2.05, 4.69) is 5.43 Å². The Balaban J connectivity index is 2.05. The first-order valence-corrected chi connectivity index (χ1v) is 8.11. The van der Waals surface area contributed by atoms with Crippen molar-refractivity contribution in [2.24, 2.45) is 0 Å². The van der Waals surface area contributed by atoms with Crippen molar-refractivity contribution < 1.29 is 27.9 Å². The van der Waals surface area contributed by atoms with E-state index in [4.69, 9.17) is 9.84 Å². The molecular weight excluding hydrogens is 336 g/mol. The Kier molecular flexibility index (Phi) is 5.17. The van der Waals surface area contributed by atoms with Crippen LogP contribution in [0.2, 0.25) is 0 Å². The minimum atomic E-state index is -4.02. The second kappa shape index (κ2) is 7.11. The van der Waals surface area contributed by atoms with E-state index in [1.807, 2.05) is 4.83 Å². The summed E-state index contributed by atoms with van der Waals surface area (Å²) in [5.41, 5.74) is 2.27. The number of nitrogens with one attached hydrogen (secondary N) is 2. The molecule has 9 heteroatoms. The summed E-state index contributed by atoms with van der Waals surface area (Å²) in [6, 6.07) is 10.7. The zero-order valence-electron chi connectivity index (χ0n) is 12.5. The third-order valence-corrected chi connectivity index (χ3v) is 4.33. The molecule has 2 aromatic rings. The molecule has 1 amide bonds. The maximum Gasteiger partial charge on any atom is 0.335 e. The summed E-state index contributed by atoms with van der Waals surface area (Å²) in [4.78, 5) is 24.4. The van der Waals surface area contributed by atoms with Crippen LogP contribution in [0.5, 0.6) is 5.75 Å². The Morgan fingerprint density at radius 2 is 1.50 bits per heavy atom. The monoisotopic (exact) mass is 350 g/mol. The lowest BCUT2D eigenvalue weighted by molar-refractivity contribution is 0.0696. The quantitative estimate of drug-likeness (QED) is 0.669. The first-order valence-electron chi connectivity index (χ1n) is 6.63. The predicted octanol–water partition coefficient (Wildman–Crippen LogP) is 1.02. The van der Waals surface area contributed by atoms with Crippen LogP contribution >= 0.6 is 0 Å². The lowest BCUT2D eigenvalue weighted by Gasteiger charge is -2.09. The number of carbonyl (C=O) groups excluding carboxylic acids is 1. The molecule has 0 spiro atoms. The Morgan fingerprint density at radius 1 is 0.958 bits per heavy atom. The minimum absolute atomic E-state index is 0.0452. The molecule has 0 saturated heterocycles. The summed E-state index contributed by atoms with van der Waals surface area (Å²) in [7, 11) is -2.53. The molecule has 2 aromatic carbocycles. The number of hydrogen-bond donors (Lipinski definition) is 3. The Bertz CT molecular complexity index is 845. The van der Waals surface area contributed by atoms with Gasteiger partial charge in [0.1, 0.15) is 5.75 Å². The van der Waals surface area contributed by atoms with Crippen molar-refractivity contribution in [3.05, 3.63) is 59.7 Å². The van der Waals surface area contributed by atoms with Gasteiger partial charge in [-0.05, 0) is 48.5 Å². The number of rotatable bonds is 6. The van der Waals surface area contributed by atoms with Gasteiger partial charge in [0.2, 0.25) is 0 Å². The van der Waals surface area contributed by atoms with Gasteiger partial charge in [0.05, 0.1) is 17.6 Å². The number of sulfonamides is 1. The van der Waals surface area contributed by atoms with Crippen molar-refractivity contribution in [1.82, 2.24) is 10.3 Å². The van der Waals surface area contributed by atoms with E-state index < -0.39 is 21.9 Å². The summed E-state index contributed by atoms with van der Waals surface area (Å²) in [5.74, 6) is -1.26. The van der Waals surface area contributed by atoms with E-state index >= 15 is 0 Å². The molecule has 0 aliphatic heterocycles. The predicted molar refractivity (Wildman–Crippen MR) is 84.2 cm³/mol. The summed E-state index contributed by atoms with van der Waals surface area (Å²) in [5, 5.41) is 8.79. The van der Waals surface area contributed by atoms with Crippen LogP contribution < -0.4 is 15.0 Å². The highest BCUT2D eigenvalue weighted by Gasteiger charge is 2.16. The number of methoxy groups -OCH3 is 1. The molecule has 0 radical (unpaired) electrons. The number of hydrogen-bond acceptors (Lipinski definition) is 5. The topological polar surface area (TPSA) is 122 Å². The largest absolute Gasteiger partial charge is 0.497 e. The van der Waals surface area contributed by atoms with Crippen LogP contribution in [0.15, 0.2) is 53.4 Å². The molecule has 0 aliphatic carbocycles. The molecule has 0 fully saturated rings. The second-order valence-corrected chi connectivity index (χ2v) is 6.30. The fourth-order valence-corrected chi connectivity index (χ4v) is 2.60. The molecule has 2 rings (SSSR count). The number of hydrazine groups is 1. The van der Waals surface area contributed by atoms with Crippen LogP contribution in [-0.2, 0) is 10.0 Å². The zero-order valence-corrected chi connectivity index (χ0v) is 13.3. The normalized spacial score (nSPS) is 10.9. The van der Waals surface area contributed by atoms with E-state index in [1.165, 1.54) is 19.2 Å². The Morgan fingerprint density at radius 3 is 2.00 bits per heavy atom. The fraction of sp³-hybridized carbons (Fsp3) is 0.0667. The molecule has 3 N–H and O–H groups in total. The van der Waals surface area contributed by atoms with Crippen LogP contribution in [0, 0.1) is 0 Å². The highest BCUT2D eigenvalue weighted by Crippen LogP contribution is 2.12. The first-order chi connectivity index (χ1) is 11.3. The highest BCUT2D eigenvalue weighted by molar-refractivity contribution is 7.89. The van der Waals surface area contributed by atoms with Crippen molar-refractivity contribution in [1.29, 1.82) is 0 Å². The van der Waals surface area contributed by atoms with Crippen molar-refractivity contribution >= 4 is 21.9 Å². The standard InChI is InChI=1S/C15H14N2O6S/c1-23-12-6-2-10(3-7-12)14(18)16-17-24(21,22)13-8-4-11(5-9-13)15(19)20/h2-9,17H,1H3,(H,16,18)(H,19,20). The molecule has 0 atom stereocenters. The summed E-state index contributed by atoms with van der Waals surface area (Å²) < 4.78 is 29.1. The number of benzene rings is 2. The average molecular weight is 350 g/mol. The number of ether oxygens (including phenoxy) is 1. The van der Waals surface area contributed by atoms with Gasteiger partial charge < -0.3 is 9.84 Å². The van der Waals surface area contributed by atoms with Gasteiger partial charge in [-0.25, -0.2) is 13.2 Å². The van der Waals surface area contributed by atoms with E-state index in [1.54, 1.807) is 12.1 Å². The van der Waals surface area contributed by atoms with E-state index in [-0.39, 0.29) is 16.0 Å². The number of aromatic carboxylic acids is 1. The molecule has 0 bridgehead atoms. The maximum absolute atomic E-state index is 12.1. The Hall–Kier alpha value is -2.91. The lowest BCUT2D eigenvalue weighted by atomic mass is 10.2. The third-order valence-electron chi connectivity index (χ3n) is 3.06. The fourth-order valence-electron chi connectivity index (χ4n) is 1.76. The second-order valence-electron chi connectivity index (χ2n) is 4.62. The third kappa shape index (κ3) is 4.09. The van der Waals surface area contributed by atoms with Gasteiger partial charge in [0.25, 0.3) is 15.9 Å². The molecule has 0 aromatic heterocycles. The van der Waals surface area contributed by atoms with Gasteiger partial charge in [-0.3, -0.25) is 10.2 Å². The molecule has 24 heavy (non-hydrogen) atoms. The number of carbonyl (C=O) groups is 2.